The summed E-state index contributed by atoms with van der Waals surface area (Å²) >= 11 is 0. The number of aryl methyl sites for hydroxylation is 1. The van der Waals surface area contributed by atoms with Gasteiger partial charge < -0.3 is 4.90 Å². The molecule has 1 aliphatic rings. The molecule has 0 spiro atoms. The Morgan fingerprint density at radius 2 is 1.94 bits per heavy atom. The molecule has 0 bridgehead atoms. The average molecular weight is 430 g/mol. The molecule has 3 heterocycles. The van der Waals surface area contributed by atoms with Gasteiger partial charge in [0.05, 0.1) is 5.69 Å². The Kier molecular flexibility index (Phi) is 6.99. The maximum absolute atomic E-state index is 13.5. The number of rotatable bonds is 7. The molecule has 1 aliphatic heterocycles. The number of ketones is 1. The molecule has 1 aromatic carbocycles. The molecule has 0 N–H and O–H groups in total. The van der Waals surface area contributed by atoms with E-state index in [0.29, 0.717) is 29.5 Å². The minimum absolute atomic E-state index is 0. The molecule has 4 nitrogen and oxygen atoms in total. The molecule has 1 saturated heterocycles. The van der Waals surface area contributed by atoms with Crippen LogP contribution in [0, 0.1) is 11.8 Å². The predicted molar refractivity (Wildman–Crippen MR) is 133 cm³/mol. The van der Waals surface area contributed by atoms with Crippen molar-refractivity contribution >= 4 is 11.6 Å². The van der Waals surface area contributed by atoms with Crippen molar-refractivity contribution in [2.45, 2.75) is 46.5 Å². The van der Waals surface area contributed by atoms with Crippen LogP contribution in [0.3, 0.4) is 0 Å². The third kappa shape index (κ3) is 5.07. The number of benzene rings is 1. The van der Waals surface area contributed by atoms with Gasteiger partial charge in [-0.3, -0.25) is 9.78 Å². The number of carbonyl (C=O) groups is 1. The van der Waals surface area contributed by atoms with E-state index in [1.165, 1.54) is 19.3 Å². The maximum Gasteiger partial charge on any atom is 0.213 e. The molecule has 4 rings (SSSR count). The standard InChI is InChI=1S/C28H33N3O.H2/c1-4-25-24(17-23(18-29-25)22-11-6-5-7-12-22)28(32)26-13-8-14-27(30-26)31-15-9-10-21(19-31)16-20(2)3;/h5-8,11-14,17-18,20-21H,4,9-10,15-16,19H2,1-3H3;1H/t21-;/m0./s1. The van der Waals surface area contributed by atoms with Crippen molar-refractivity contribution in [1.29, 1.82) is 0 Å². The van der Waals surface area contributed by atoms with Gasteiger partial charge >= 0.3 is 0 Å². The van der Waals surface area contributed by atoms with Crippen LogP contribution in [-0.4, -0.2) is 28.8 Å². The van der Waals surface area contributed by atoms with E-state index >= 15 is 0 Å². The fraction of sp³-hybridized carbons (Fsp3) is 0.393. The predicted octanol–water partition coefficient (Wildman–Crippen LogP) is 6.45. The van der Waals surface area contributed by atoms with Crippen LogP contribution in [0.4, 0.5) is 5.82 Å². The second-order valence-corrected chi connectivity index (χ2v) is 9.23. The summed E-state index contributed by atoms with van der Waals surface area (Å²) in [6.07, 6.45) is 6.27. The van der Waals surface area contributed by atoms with Gasteiger partial charge in [0, 0.05) is 31.8 Å². The lowest BCUT2D eigenvalue weighted by Gasteiger charge is -2.34. The van der Waals surface area contributed by atoms with Crippen molar-refractivity contribution in [3.8, 4) is 11.1 Å². The molecule has 0 aliphatic carbocycles. The van der Waals surface area contributed by atoms with Crippen molar-refractivity contribution in [3.05, 3.63) is 77.7 Å². The average Bonchev–Trinajstić information content (AvgIpc) is 2.83. The molecule has 0 amide bonds. The lowest BCUT2D eigenvalue weighted by atomic mass is 9.90. The van der Waals surface area contributed by atoms with Crippen LogP contribution < -0.4 is 4.90 Å². The highest BCUT2D eigenvalue weighted by Gasteiger charge is 2.23. The van der Waals surface area contributed by atoms with E-state index in [9.17, 15) is 4.79 Å². The zero-order valence-electron chi connectivity index (χ0n) is 19.4. The Hall–Kier alpha value is -3.01. The summed E-state index contributed by atoms with van der Waals surface area (Å²) in [4.78, 5) is 25.3. The topological polar surface area (TPSA) is 46.1 Å². The maximum atomic E-state index is 13.5. The third-order valence-electron chi connectivity index (χ3n) is 6.27. The van der Waals surface area contributed by atoms with E-state index in [-0.39, 0.29) is 7.21 Å². The monoisotopic (exact) mass is 429 g/mol. The van der Waals surface area contributed by atoms with Crippen molar-refractivity contribution in [2.75, 3.05) is 18.0 Å². The van der Waals surface area contributed by atoms with Gasteiger partial charge in [0.1, 0.15) is 11.5 Å². The number of hydrogen-bond acceptors (Lipinski definition) is 4. The summed E-state index contributed by atoms with van der Waals surface area (Å²) in [5.74, 6) is 2.26. The first kappa shape index (κ1) is 22.2. The van der Waals surface area contributed by atoms with Crippen LogP contribution >= 0.6 is 0 Å². The number of carbonyl (C=O) groups excluding carboxylic acids is 1. The molecule has 2 aromatic heterocycles. The summed E-state index contributed by atoms with van der Waals surface area (Å²) < 4.78 is 0. The SMILES string of the molecule is CCc1ncc(-c2ccccc2)cc1C(=O)c1cccc(N2CCC[C@@H](CC(C)C)C2)n1.[HH]. The smallest absolute Gasteiger partial charge is 0.213 e. The van der Waals surface area contributed by atoms with Gasteiger partial charge in [0.2, 0.25) is 5.78 Å². The Labute approximate surface area is 193 Å². The van der Waals surface area contributed by atoms with Crippen LogP contribution in [0.1, 0.15) is 63.2 Å². The molecule has 32 heavy (non-hydrogen) atoms. The summed E-state index contributed by atoms with van der Waals surface area (Å²) in [6, 6.07) is 17.9. The Bertz CT molecular complexity index is 1070. The molecule has 1 atom stereocenters. The number of nitrogens with zero attached hydrogens (tertiary/aromatic N) is 3. The molecule has 1 fully saturated rings. The molecule has 3 aromatic rings. The van der Waals surface area contributed by atoms with Crippen molar-refractivity contribution in [2.24, 2.45) is 11.8 Å². The van der Waals surface area contributed by atoms with Crippen LogP contribution in [0.2, 0.25) is 0 Å². The van der Waals surface area contributed by atoms with Crippen molar-refractivity contribution < 1.29 is 6.22 Å². The van der Waals surface area contributed by atoms with E-state index in [1.807, 2.05) is 67.7 Å². The van der Waals surface area contributed by atoms with Crippen molar-refractivity contribution in [1.82, 2.24) is 9.97 Å². The van der Waals surface area contributed by atoms with Gasteiger partial charge in [0.15, 0.2) is 0 Å². The normalized spacial score (nSPS) is 16.4. The van der Waals surface area contributed by atoms with Crippen LogP contribution in [0.15, 0.2) is 60.8 Å². The fourth-order valence-electron chi connectivity index (χ4n) is 4.76. The first-order chi connectivity index (χ1) is 15.5. The molecule has 0 saturated carbocycles. The lowest BCUT2D eigenvalue weighted by molar-refractivity contribution is 0.103. The zero-order valence-corrected chi connectivity index (χ0v) is 19.4. The first-order valence-corrected chi connectivity index (χ1v) is 11.9. The van der Waals surface area contributed by atoms with Gasteiger partial charge in [-0.15, -0.1) is 0 Å². The Morgan fingerprint density at radius 3 is 2.69 bits per heavy atom. The number of piperidine rings is 1. The van der Waals surface area contributed by atoms with E-state index in [4.69, 9.17) is 4.98 Å². The molecule has 0 radical (unpaired) electrons. The van der Waals surface area contributed by atoms with Gasteiger partial charge in [-0.1, -0.05) is 57.2 Å². The number of aromatic nitrogens is 2. The molecular weight excluding hydrogens is 394 g/mol. The van der Waals surface area contributed by atoms with Crippen LogP contribution in [0.25, 0.3) is 11.1 Å². The largest absolute Gasteiger partial charge is 0.356 e. The second-order valence-electron chi connectivity index (χ2n) is 9.23. The zero-order chi connectivity index (χ0) is 22.5. The fourth-order valence-corrected chi connectivity index (χ4v) is 4.76. The van der Waals surface area contributed by atoms with Gasteiger partial charge in [0.25, 0.3) is 0 Å². The number of pyridine rings is 2. The minimum Gasteiger partial charge on any atom is -0.356 e. The highest BCUT2D eigenvalue weighted by atomic mass is 16.1. The molecule has 168 valence electrons. The summed E-state index contributed by atoms with van der Waals surface area (Å²) in [5, 5.41) is 0. The van der Waals surface area contributed by atoms with Gasteiger partial charge in [-0.05, 0) is 61.3 Å². The summed E-state index contributed by atoms with van der Waals surface area (Å²) in [6.45, 7) is 8.64. The van der Waals surface area contributed by atoms with E-state index in [2.05, 4.69) is 23.7 Å². The molecular formula is C28H35N3O. The third-order valence-corrected chi connectivity index (χ3v) is 6.27. The van der Waals surface area contributed by atoms with Gasteiger partial charge in [-0.2, -0.15) is 0 Å². The summed E-state index contributed by atoms with van der Waals surface area (Å²) in [5.41, 5.74) is 3.97. The number of anilines is 1. The van der Waals surface area contributed by atoms with E-state index in [1.54, 1.807) is 0 Å². The highest BCUT2D eigenvalue weighted by molar-refractivity contribution is 6.09. The molecule has 0 unspecified atom stereocenters. The second kappa shape index (κ2) is 10.1. The van der Waals surface area contributed by atoms with Crippen molar-refractivity contribution in [3.63, 3.8) is 0 Å². The quantitative estimate of drug-likeness (QED) is 0.405. The first-order valence-electron chi connectivity index (χ1n) is 11.9. The lowest BCUT2D eigenvalue weighted by Crippen LogP contribution is -2.36. The number of hydrogen-bond donors (Lipinski definition) is 0. The highest BCUT2D eigenvalue weighted by Crippen LogP contribution is 2.27. The van der Waals surface area contributed by atoms with Crippen LogP contribution in [0.5, 0.6) is 0 Å². The Balaban J connectivity index is 0.00000306. The summed E-state index contributed by atoms with van der Waals surface area (Å²) in [7, 11) is 0. The molecule has 4 heteroatoms. The minimum atomic E-state index is -0.0512. The Morgan fingerprint density at radius 1 is 1.12 bits per heavy atom. The van der Waals surface area contributed by atoms with E-state index < -0.39 is 0 Å². The van der Waals surface area contributed by atoms with Gasteiger partial charge in [-0.25, -0.2) is 4.98 Å². The van der Waals surface area contributed by atoms with Crippen LogP contribution in [-0.2, 0) is 6.42 Å². The van der Waals surface area contributed by atoms with E-state index in [0.717, 1.165) is 35.7 Å².